The monoisotopic (exact) mass is 363 g/mol. The van der Waals surface area contributed by atoms with Crippen LogP contribution in [0.15, 0.2) is 33.6 Å². The van der Waals surface area contributed by atoms with E-state index in [-0.39, 0.29) is 4.75 Å². The van der Waals surface area contributed by atoms with Crippen LogP contribution in [0.1, 0.15) is 20.3 Å². The Labute approximate surface area is 127 Å². The zero-order chi connectivity index (χ0) is 14.1. The molecule has 1 aliphatic rings. The summed E-state index contributed by atoms with van der Waals surface area (Å²) in [5.74, 6) is 0.844. The maximum Gasteiger partial charge on any atom is 0.244 e. The molecule has 0 aliphatic carbocycles. The predicted molar refractivity (Wildman–Crippen MR) is 84.1 cm³/mol. The van der Waals surface area contributed by atoms with E-state index in [2.05, 4.69) is 29.8 Å². The molecule has 19 heavy (non-hydrogen) atoms. The molecule has 106 valence electrons. The second-order valence-corrected chi connectivity index (χ2v) is 9.76. The first kappa shape index (κ1) is 15.4. The second-order valence-electron chi connectivity index (χ2n) is 5.19. The Kier molecular flexibility index (Phi) is 4.65. The van der Waals surface area contributed by atoms with Gasteiger partial charge < -0.3 is 0 Å². The van der Waals surface area contributed by atoms with Gasteiger partial charge in [-0.2, -0.15) is 16.1 Å². The zero-order valence-electron chi connectivity index (χ0n) is 11.1. The molecule has 0 spiro atoms. The number of rotatable bonds is 2. The zero-order valence-corrected chi connectivity index (χ0v) is 14.3. The molecule has 0 radical (unpaired) electrons. The number of sulfonamides is 1. The van der Waals surface area contributed by atoms with Crippen molar-refractivity contribution in [3.05, 3.63) is 28.7 Å². The first-order chi connectivity index (χ1) is 8.83. The number of nitrogens with zero attached hydrogens (tertiary/aromatic N) is 1. The summed E-state index contributed by atoms with van der Waals surface area (Å²) in [6.45, 7) is 5.51. The molecule has 1 fully saturated rings. The molecule has 3 nitrogen and oxygen atoms in total. The highest BCUT2D eigenvalue weighted by atomic mass is 79.9. The van der Waals surface area contributed by atoms with Crippen molar-refractivity contribution in [3.8, 4) is 0 Å². The lowest BCUT2D eigenvalue weighted by molar-refractivity contribution is 0.415. The molecule has 1 saturated heterocycles. The fraction of sp³-hybridized carbons (Fsp3) is 0.538. The summed E-state index contributed by atoms with van der Waals surface area (Å²) in [4.78, 5) is 0.361. The minimum Gasteiger partial charge on any atom is -0.207 e. The lowest BCUT2D eigenvalue weighted by Gasteiger charge is -2.22. The number of halogens is 1. The van der Waals surface area contributed by atoms with Crippen LogP contribution >= 0.6 is 27.7 Å². The van der Waals surface area contributed by atoms with Gasteiger partial charge in [-0.25, -0.2) is 8.42 Å². The molecule has 0 amide bonds. The molecular formula is C13H18BrNO2S2. The van der Waals surface area contributed by atoms with Crippen molar-refractivity contribution < 1.29 is 8.42 Å². The van der Waals surface area contributed by atoms with E-state index in [0.29, 0.717) is 22.5 Å². The highest BCUT2D eigenvalue weighted by molar-refractivity contribution is 9.10. The van der Waals surface area contributed by atoms with Gasteiger partial charge in [0.05, 0.1) is 4.90 Å². The Morgan fingerprint density at radius 1 is 1.26 bits per heavy atom. The summed E-state index contributed by atoms with van der Waals surface area (Å²) < 4.78 is 27.7. The second kappa shape index (κ2) is 5.76. The van der Waals surface area contributed by atoms with Crippen molar-refractivity contribution in [2.24, 2.45) is 0 Å². The summed E-state index contributed by atoms with van der Waals surface area (Å²) in [5.41, 5.74) is 0. The van der Waals surface area contributed by atoms with E-state index in [4.69, 9.17) is 0 Å². The number of thioether (sulfide) groups is 1. The minimum absolute atomic E-state index is 0.151. The van der Waals surface area contributed by atoms with Crippen LogP contribution in [0.5, 0.6) is 0 Å². The van der Waals surface area contributed by atoms with E-state index in [1.807, 2.05) is 17.8 Å². The quantitative estimate of drug-likeness (QED) is 0.808. The van der Waals surface area contributed by atoms with Crippen molar-refractivity contribution in [1.29, 1.82) is 0 Å². The van der Waals surface area contributed by atoms with Crippen molar-refractivity contribution in [2.75, 3.05) is 18.8 Å². The van der Waals surface area contributed by atoms with E-state index in [1.54, 1.807) is 22.5 Å². The van der Waals surface area contributed by atoms with Crippen LogP contribution < -0.4 is 0 Å². The molecule has 0 bridgehead atoms. The van der Waals surface area contributed by atoms with Crippen molar-refractivity contribution >= 4 is 37.7 Å². The first-order valence-corrected chi connectivity index (χ1v) is 9.43. The molecule has 6 heteroatoms. The number of hydrogen-bond acceptors (Lipinski definition) is 3. The lowest BCUT2D eigenvalue weighted by Crippen LogP contribution is -2.33. The molecule has 1 aromatic rings. The molecule has 0 unspecified atom stereocenters. The first-order valence-electron chi connectivity index (χ1n) is 6.22. The summed E-state index contributed by atoms with van der Waals surface area (Å²) in [6.07, 6.45) is 0.876. The van der Waals surface area contributed by atoms with Gasteiger partial charge in [0.1, 0.15) is 0 Å². The SMILES string of the molecule is CC1(C)CCN(S(=O)(=O)c2ccccc2Br)CCS1. The molecule has 0 saturated carbocycles. The maximum absolute atomic E-state index is 12.7. The molecule has 1 aliphatic heterocycles. The third kappa shape index (κ3) is 3.54. The van der Waals surface area contributed by atoms with Gasteiger partial charge in [-0.15, -0.1) is 0 Å². The van der Waals surface area contributed by atoms with Crippen LogP contribution in [0.2, 0.25) is 0 Å². The van der Waals surface area contributed by atoms with Gasteiger partial charge in [0.15, 0.2) is 0 Å². The molecule has 0 aromatic heterocycles. The highest BCUT2D eigenvalue weighted by Gasteiger charge is 2.31. The molecule has 0 atom stereocenters. The summed E-state index contributed by atoms with van der Waals surface area (Å²) >= 11 is 5.17. The molecule has 0 N–H and O–H groups in total. The topological polar surface area (TPSA) is 37.4 Å². The van der Waals surface area contributed by atoms with Gasteiger partial charge in [0.25, 0.3) is 0 Å². The average molecular weight is 364 g/mol. The minimum atomic E-state index is -3.39. The van der Waals surface area contributed by atoms with E-state index >= 15 is 0 Å². The van der Waals surface area contributed by atoms with Crippen molar-refractivity contribution in [1.82, 2.24) is 4.31 Å². The lowest BCUT2D eigenvalue weighted by atomic mass is 10.1. The van der Waals surface area contributed by atoms with Crippen molar-refractivity contribution in [2.45, 2.75) is 29.9 Å². The largest absolute Gasteiger partial charge is 0.244 e. The Morgan fingerprint density at radius 2 is 1.95 bits per heavy atom. The van der Waals surface area contributed by atoms with E-state index in [1.165, 1.54) is 0 Å². The van der Waals surface area contributed by atoms with Gasteiger partial charge in [-0.05, 0) is 34.5 Å². The molecule has 1 heterocycles. The van der Waals surface area contributed by atoms with Crippen molar-refractivity contribution in [3.63, 3.8) is 0 Å². The predicted octanol–water partition coefficient (Wildman–Crippen LogP) is 3.36. The van der Waals surface area contributed by atoms with E-state index in [0.717, 1.165) is 12.2 Å². The fourth-order valence-corrected chi connectivity index (χ4v) is 5.66. The summed E-state index contributed by atoms with van der Waals surface area (Å²) in [7, 11) is -3.39. The molecular weight excluding hydrogens is 346 g/mol. The van der Waals surface area contributed by atoms with Crippen LogP contribution in [0.25, 0.3) is 0 Å². The smallest absolute Gasteiger partial charge is 0.207 e. The average Bonchev–Trinajstić information content (AvgIpc) is 2.51. The normalized spacial score (nSPS) is 21.0. The Morgan fingerprint density at radius 3 is 2.63 bits per heavy atom. The highest BCUT2D eigenvalue weighted by Crippen LogP contribution is 2.33. The number of hydrogen-bond donors (Lipinski definition) is 0. The Hall–Kier alpha value is -0.0400. The van der Waals surface area contributed by atoms with E-state index in [9.17, 15) is 8.42 Å². The maximum atomic E-state index is 12.7. The Balaban J connectivity index is 2.28. The standard InChI is InChI=1S/C13H18BrNO2S2/c1-13(2)7-8-15(9-10-18-13)19(16,17)12-6-4-3-5-11(12)14/h3-6H,7-10H2,1-2H3. The van der Waals surface area contributed by atoms with Crippen LogP contribution in [-0.2, 0) is 10.0 Å². The van der Waals surface area contributed by atoms with Crippen LogP contribution in [0.3, 0.4) is 0 Å². The van der Waals surface area contributed by atoms with Gasteiger partial charge >= 0.3 is 0 Å². The van der Waals surface area contributed by atoms with Gasteiger partial charge in [-0.3, -0.25) is 0 Å². The third-order valence-electron chi connectivity index (χ3n) is 3.25. The van der Waals surface area contributed by atoms with Gasteiger partial charge in [-0.1, -0.05) is 26.0 Å². The van der Waals surface area contributed by atoms with Crippen LogP contribution in [0.4, 0.5) is 0 Å². The van der Waals surface area contributed by atoms with E-state index < -0.39 is 10.0 Å². The van der Waals surface area contributed by atoms with Gasteiger partial charge in [0, 0.05) is 28.1 Å². The summed E-state index contributed by atoms with van der Waals surface area (Å²) in [5, 5.41) is 0. The van der Waals surface area contributed by atoms with Crippen LogP contribution in [0, 0.1) is 0 Å². The fourth-order valence-electron chi connectivity index (χ4n) is 2.04. The Bertz CT molecular complexity index is 558. The van der Waals surface area contributed by atoms with Gasteiger partial charge in [0.2, 0.25) is 10.0 Å². The molecule has 1 aromatic carbocycles. The summed E-state index contributed by atoms with van der Waals surface area (Å²) in [6, 6.07) is 7.00. The van der Waals surface area contributed by atoms with Crippen LogP contribution in [-0.4, -0.2) is 36.3 Å². The molecule has 2 rings (SSSR count). The number of benzene rings is 1. The third-order valence-corrected chi connectivity index (χ3v) is 7.53.